The van der Waals surface area contributed by atoms with E-state index in [4.69, 9.17) is 21.0 Å². The fraction of sp³-hybridized carbons (Fsp3) is 0.333. The maximum absolute atomic E-state index is 8.77. The van der Waals surface area contributed by atoms with E-state index in [1.807, 2.05) is 30.3 Å². The van der Waals surface area contributed by atoms with Gasteiger partial charge in [0.2, 0.25) is 0 Å². The Hall–Kier alpha value is -2.52. The van der Waals surface area contributed by atoms with Crippen molar-refractivity contribution in [1.29, 1.82) is 10.5 Å². The number of ether oxygens (including phenoxy) is 1. The molecule has 0 aliphatic heterocycles. The quantitative estimate of drug-likeness (QED) is 0.632. The van der Waals surface area contributed by atoms with Crippen LogP contribution in [0.4, 0.5) is 0 Å². The van der Waals surface area contributed by atoms with Crippen molar-refractivity contribution in [1.82, 2.24) is 4.90 Å². The van der Waals surface area contributed by atoms with Crippen molar-refractivity contribution in [2.75, 3.05) is 26.7 Å². The van der Waals surface area contributed by atoms with E-state index in [0.29, 0.717) is 18.8 Å². The van der Waals surface area contributed by atoms with E-state index in [1.165, 1.54) is 0 Å². The van der Waals surface area contributed by atoms with Gasteiger partial charge in [-0.05, 0) is 18.2 Å². The predicted molar refractivity (Wildman–Crippen MR) is 75.4 cm³/mol. The third-order valence-electron chi connectivity index (χ3n) is 2.60. The van der Waals surface area contributed by atoms with Gasteiger partial charge in [0, 0.05) is 17.7 Å². The van der Waals surface area contributed by atoms with E-state index >= 15 is 0 Å². The third kappa shape index (κ3) is 4.63. The summed E-state index contributed by atoms with van der Waals surface area (Å²) in [7, 11) is 1.59. The first-order valence-corrected chi connectivity index (χ1v) is 6.07. The molecule has 0 heterocycles. The number of hydrogen-bond donors (Lipinski definition) is 1. The molecule has 0 amide bonds. The van der Waals surface area contributed by atoms with Crippen molar-refractivity contribution < 1.29 is 4.74 Å². The van der Waals surface area contributed by atoms with Crippen molar-refractivity contribution in [2.24, 2.45) is 5.73 Å². The smallest absolute Gasteiger partial charge is 0.123 e. The lowest BCUT2D eigenvalue weighted by atomic mass is 10.1. The van der Waals surface area contributed by atoms with Gasteiger partial charge in [-0.3, -0.25) is 4.90 Å². The molecular formula is C15H16N4O. The van der Waals surface area contributed by atoms with Crippen LogP contribution < -0.4 is 10.5 Å². The summed E-state index contributed by atoms with van der Waals surface area (Å²) in [5, 5.41) is 17.5. The van der Waals surface area contributed by atoms with Gasteiger partial charge >= 0.3 is 0 Å². The van der Waals surface area contributed by atoms with Crippen molar-refractivity contribution in [3.63, 3.8) is 0 Å². The molecule has 0 fully saturated rings. The highest BCUT2D eigenvalue weighted by Gasteiger charge is 2.10. The number of benzene rings is 1. The van der Waals surface area contributed by atoms with E-state index in [9.17, 15) is 0 Å². The van der Waals surface area contributed by atoms with E-state index in [0.717, 1.165) is 11.1 Å². The van der Waals surface area contributed by atoms with Crippen molar-refractivity contribution >= 4 is 0 Å². The Bertz CT molecular complexity index is 571. The molecule has 102 valence electrons. The van der Waals surface area contributed by atoms with Crippen molar-refractivity contribution in [2.45, 2.75) is 6.54 Å². The molecule has 20 heavy (non-hydrogen) atoms. The molecule has 1 aromatic carbocycles. The third-order valence-corrected chi connectivity index (χ3v) is 2.60. The topological polar surface area (TPSA) is 86.1 Å². The Morgan fingerprint density at radius 2 is 1.95 bits per heavy atom. The zero-order valence-corrected chi connectivity index (χ0v) is 11.4. The lowest BCUT2D eigenvalue weighted by Gasteiger charge is -2.17. The normalized spacial score (nSPS) is 9.25. The summed E-state index contributed by atoms with van der Waals surface area (Å²) in [6.45, 7) is 1.14. The van der Waals surface area contributed by atoms with Crippen LogP contribution in [0, 0.1) is 34.5 Å². The number of rotatable bonds is 5. The van der Waals surface area contributed by atoms with Gasteiger partial charge in [0.05, 0.1) is 38.9 Å². The van der Waals surface area contributed by atoms with Crippen LogP contribution in [-0.4, -0.2) is 31.6 Å². The highest BCUT2D eigenvalue weighted by Crippen LogP contribution is 2.21. The van der Waals surface area contributed by atoms with Crippen LogP contribution in [0.15, 0.2) is 18.2 Å². The van der Waals surface area contributed by atoms with Gasteiger partial charge in [0.25, 0.3) is 0 Å². The zero-order valence-electron chi connectivity index (χ0n) is 11.4. The highest BCUT2D eigenvalue weighted by molar-refractivity contribution is 5.44. The maximum atomic E-state index is 8.77. The molecule has 2 N–H and O–H groups in total. The molecular weight excluding hydrogens is 252 g/mol. The minimum atomic E-state index is 0.190. The Morgan fingerprint density at radius 3 is 2.50 bits per heavy atom. The summed E-state index contributed by atoms with van der Waals surface area (Å²) in [5.41, 5.74) is 7.08. The first-order valence-electron chi connectivity index (χ1n) is 6.07. The van der Waals surface area contributed by atoms with Crippen LogP contribution in [0.25, 0.3) is 0 Å². The first kappa shape index (κ1) is 15.5. The molecule has 1 rings (SSSR count). The van der Waals surface area contributed by atoms with Gasteiger partial charge in [-0.2, -0.15) is 10.5 Å². The van der Waals surface area contributed by atoms with Crippen LogP contribution in [0.2, 0.25) is 0 Å². The second-order valence-corrected chi connectivity index (χ2v) is 3.99. The van der Waals surface area contributed by atoms with Crippen LogP contribution in [0.5, 0.6) is 5.75 Å². The van der Waals surface area contributed by atoms with Gasteiger partial charge in [0.15, 0.2) is 0 Å². The average molecular weight is 268 g/mol. The number of nitrogens with zero attached hydrogens (tertiary/aromatic N) is 3. The lowest BCUT2D eigenvalue weighted by Crippen LogP contribution is -2.24. The molecule has 0 aliphatic carbocycles. The lowest BCUT2D eigenvalue weighted by molar-refractivity contribution is 0.324. The molecule has 5 heteroatoms. The van der Waals surface area contributed by atoms with E-state index in [2.05, 4.69) is 11.8 Å². The van der Waals surface area contributed by atoms with Crippen LogP contribution in [0.1, 0.15) is 11.1 Å². The summed E-state index contributed by atoms with van der Waals surface area (Å²) in [6, 6.07) is 9.67. The molecule has 0 radical (unpaired) electrons. The molecule has 1 aromatic rings. The van der Waals surface area contributed by atoms with Gasteiger partial charge in [-0.1, -0.05) is 11.8 Å². The van der Waals surface area contributed by atoms with Gasteiger partial charge < -0.3 is 10.5 Å². The summed E-state index contributed by atoms with van der Waals surface area (Å²) >= 11 is 0. The Labute approximate surface area is 119 Å². The molecule has 0 spiro atoms. The molecule has 0 atom stereocenters. The molecule has 0 bridgehead atoms. The minimum absolute atomic E-state index is 0.190. The van der Waals surface area contributed by atoms with Gasteiger partial charge in [0.1, 0.15) is 5.75 Å². The van der Waals surface area contributed by atoms with E-state index in [1.54, 1.807) is 12.0 Å². The van der Waals surface area contributed by atoms with E-state index < -0.39 is 0 Å². The second kappa shape index (κ2) is 8.56. The number of nitrogens with two attached hydrogens (primary N) is 1. The number of nitriles is 2. The second-order valence-electron chi connectivity index (χ2n) is 3.99. The average Bonchev–Trinajstić information content (AvgIpc) is 2.46. The highest BCUT2D eigenvalue weighted by atomic mass is 16.5. The summed E-state index contributed by atoms with van der Waals surface area (Å²) in [6.07, 6.45) is 0. The first-order chi connectivity index (χ1) is 9.74. The Balaban J connectivity index is 3.01. The predicted octanol–water partition coefficient (Wildman–Crippen LogP) is 0.855. The summed E-state index contributed by atoms with van der Waals surface area (Å²) in [5.74, 6) is 6.46. The Morgan fingerprint density at radius 1 is 1.25 bits per heavy atom. The fourth-order valence-corrected chi connectivity index (χ4v) is 1.74. The molecule has 0 aromatic heterocycles. The van der Waals surface area contributed by atoms with Gasteiger partial charge in [-0.25, -0.2) is 0 Å². The van der Waals surface area contributed by atoms with Crippen molar-refractivity contribution in [3.05, 3.63) is 29.3 Å². The Kier molecular flexibility index (Phi) is 6.65. The zero-order chi connectivity index (χ0) is 14.8. The monoisotopic (exact) mass is 268 g/mol. The molecule has 0 unspecified atom stereocenters. The van der Waals surface area contributed by atoms with Crippen molar-refractivity contribution in [3.8, 4) is 29.7 Å². The molecule has 0 saturated carbocycles. The maximum Gasteiger partial charge on any atom is 0.123 e. The van der Waals surface area contributed by atoms with Crippen LogP contribution in [0.3, 0.4) is 0 Å². The molecule has 0 aliphatic rings. The van der Waals surface area contributed by atoms with Crippen LogP contribution in [-0.2, 0) is 6.54 Å². The van der Waals surface area contributed by atoms with Crippen LogP contribution >= 0.6 is 0 Å². The molecule has 0 saturated heterocycles. The van der Waals surface area contributed by atoms with Gasteiger partial charge in [-0.15, -0.1) is 0 Å². The summed E-state index contributed by atoms with van der Waals surface area (Å²) < 4.78 is 5.30. The largest absolute Gasteiger partial charge is 0.496 e. The standard InChI is InChI=1S/C15H16N4O/c1-20-15-5-4-13(3-2-6-16)11-14(15)12-19(9-7-17)10-8-18/h4-5,11H,6,9-10,12,16H2,1H3. The minimum Gasteiger partial charge on any atom is -0.496 e. The van der Waals surface area contributed by atoms with E-state index in [-0.39, 0.29) is 13.1 Å². The fourth-order valence-electron chi connectivity index (χ4n) is 1.74. The number of methoxy groups -OCH3 is 1. The molecule has 5 nitrogen and oxygen atoms in total. The number of hydrogen-bond acceptors (Lipinski definition) is 5. The SMILES string of the molecule is COc1ccc(C#CCN)cc1CN(CC#N)CC#N. The summed E-state index contributed by atoms with van der Waals surface area (Å²) in [4.78, 5) is 1.73.